The number of nitrogens with zero attached hydrogens (tertiary/aromatic N) is 1. The van der Waals surface area contributed by atoms with E-state index in [1.54, 1.807) is 0 Å². The molecule has 26 heavy (non-hydrogen) atoms. The van der Waals surface area contributed by atoms with Gasteiger partial charge in [0.15, 0.2) is 6.54 Å². The summed E-state index contributed by atoms with van der Waals surface area (Å²) in [6, 6.07) is 0. The van der Waals surface area contributed by atoms with E-state index in [2.05, 4.69) is 53.2 Å². The minimum absolute atomic E-state index is 0.270. The van der Waals surface area contributed by atoms with E-state index in [4.69, 9.17) is 0 Å². The van der Waals surface area contributed by atoms with Crippen molar-refractivity contribution in [3.8, 4) is 0 Å². The number of ether oxygens (including phenoxy) is 6. The molecule has 0 aromatic rings. The van der Waals surface area contributed by atoms with Crippen LogP contribution in [0, 0.1) is 0 Å². The summed E-state index contributed by atoms with van der Waals surface area (Å²) >= 11 is 0. The molecule has 142 valence electrons. The molecule has 0 spiro atoms. The van der Waals surface area contributed by atoms with E-state index in [1.165, 1.54) is 18.2 Å². The van der Waals surface area contributed by atoms with E-state index in [1.807, 2.05) is 0 Å². The summed E-state index contributed by atoms with van der Waals surface area (Å²) in [5.74, 6) is -2.84. The van der Waals surface area contributed by atoms with E-state index in [-0.39, 0.29) is 19.8 Å². The maximum atomic E-state index is 11.6. The molecular weight excluding hydrogens is 354 g/mol. The Morgan fingerprint density at radius 3 is 1.42 bits per heavy atom. The molecule has 0 aliphatic heterocycles. The molecule has 0 aromatic heterocycles. The lowest BCUT2D eigenvalue weighted by atomic mass is 10.5. The molecule has 0 fully saturated rings. The second kappa shape index (κ2) is 12.8. The van der Waals surface area contributed by atoms with Crippen LogP contribution in [0.2, 0.25) is 0 Å². The van der Waals surface area contributed by atoms with Crippen LogP contribution in [-0.2, 0) is 33.2 Å². The summed E-state index contributed by atoms with van der Waals surface area (Å²) in [4.78, 5) is 48.4. The maximum absolute atomic E-state index is 11.6. The van der Waals surface area contributed by atoms with Gasteiger partial charge in [0.1, 0.15) is 19.8 Å². The van der Waals surface area contributed by atoms with Crippen molar-refractivity contribution in [3.05, 3.63) is 38.0 Å². The molecule has 11 nitrogen and oxygen atoms in total. The lowest BCUT2D eigenvalue weighted by Gasteiger charge is -2.27. The molecule has 0 heterocycles. The summed E-state index contributed by atoms with van der Waals surface area (Å²) in [6.07, 6.45) is 0.448. The Morgan fingerprint density at radius 2 is 1.15 bits per heavy atom. The summed E-state index contributed by atoms with van der Waals surface area (Å²) in [6.45, 7) is 8.16. The van der Waals surface area contributed by atoms with Crippen molar-refractivity contribution in [3.63, 3.8) is 0 Å². The molecular formula is C15H17NO10. The first kappa shape index (κ1) is 22.4. The second-order valence-electron chi connectivity index (χ2n) is 3.95. The van der Waals surface area contributed by atoms with Crippen LogP contribution in [0.1, 0.15) is 0 Å². The van der Waals surface area contributed by atoms with Crippen molar-refractivity contribution < 1.29 is 47.6 Å². The third-order valence-electron chi connectivity index (χ3n) is 2.01. The number of aliphatic imine (C=N–C) groups is 1. The fourth-order valence-corrected chi connectivity index (χ4v) is 1.14. The van der Waals surface area contributed by atoms with Crippen LogP contribution in [0.15, 0.2) is 43.0 Å². The molecule has 0 saturated heterocycles. The highest BCUT2D eigenvalue weighted by Gasteiger charge is 2.46. The van der Waals surface area contributed by atoms with Crippen molar-refractivity contribution in [1.82, 2.24) is 0 Å². The Kier molecular flexibility index (Phi) is 11.0. The van der Waals surface area contributed by atoms with Crippen LogP contribution in [0.3, 0.4) is 0 Å². The van der Waals surface area contributed by atoms with Crippen LogP contribution in [0.5, 0.6) is 0 Å². The number of hydrogen-bond acceptors (Lipinski definition) is 11. The summed E-state index contributed by atoms with van der Waals surface area (Å²) in [5, 5.41) is 0. The lowest BCUT2D eigenvalue weighted by molar-refractivity contribution is -0.310. The number of carbonyl (C=O) groups is 3. The van der Waals surface area contributed by atoms with Crippen molar-refractivity contribution in [2.24, 2.45) is 4.99 Å². The molecule has 0 aliphatic carbocycles. The van der Waals surface area contributed by atoms with Crippen LogP contribution in [-0.4, -0.2) is 56.9 Å². The minimum Gasteiger partial charge on any atom is -0.430 e. The monoisotopic (exact) mass is 371 g/mol. The third kappa shape index (κ3) is 9.53. The molecule has 0 aliphatic rings. The predicted octanol–water partition coefficient (Wildman–Crippen LogP) is 1.99. The predicted molar refractivity (Wildman–Crippen MR) is 83.6 cm³/mol. The zero-order chi connectivity index (χ0) is 19.8. The Bertz CT molecular complexity index is 514. The normalized spacial score (nSPS) is 9.54. The summed E-state index contributed by atoms with van der Waals surface area (Å²) in [7, 11) is 0. The van der Waals surface area contributed by atoms with E-state index in [0.717, 1.165) is 6.08 Å². The first-order chi connectivity index (χ1) is 12.4. The topological polar surface area (TPSA) is 136 Å². The smallest absolute Gasteiger partial charge is 0.430 e. The Labute approximate surface area is 148 Å². The molecule has 0 aromatic carbocycles. The molecule has 11 heteroatoms. The van der Waals surface area contributed by atoms with Gasteiger partial charge in [-0.3, -0.25) is 0 Å². The quantitative estimate of drug-likeness (QED) is 0.132. The molecule has 0 atom stereocenters. The van der Waals surface area contributed by atoms with Crippen LogP contribution < -0.4 is 0 Å². The fraction of sp³-hybridized carbons (Fsp3) is 0.333. The number of rotatable bonds is 11. The highest BCUT2D eigenvalue weighted by atomic mass is 17.0. The molecule has 0 unspecified atom stereocenters. The highest BCUT2D eigenvalue weighted by Crippen LogP contribution is 2.20. The van der Waals surface area contributed by atoms with Gasteiger partial charge in [0.25, 0.3) is 0 Å². The molecule has 0 saturated carbocycles. The van der Waals surface area contributed by atoms with Crippen LogP contribution >= 0.6 is 0 Å². The molecule has 0 bridgehead atoms. The Hall–Kier alpha value is -3.59. The van der Waals surface area contributed by atoms with Crippen LogP contribution in [0.25, 0.3) is 0 Å². The van der Waals surface area contributed by atoms with Crippen molar-refractivity contribution in [1.29, 1.82) is 0 Å². The standard InChI is InChI=1S/C15H17NO10/c1-4-7-21-12(18)24-15(10-16-11-17,25-13(19)22-8-5-2)26-14(20)23-9-6-3/h4-6H,1-3,7-10H2. The van der Waals surface area contributed by atoms with Gasteiger partial charge < -0.3 is 28.4 Å². The highest BCUT2D eigenvalue weighted by molar-refractivity contribution is 5.65. The molecule has 0 radical (unpaired) electrons. The first-order valence-corrected chi connectivity index (χ1v) is 6.86. The fourth-order valence-electron chi connectivity index (χ4n) is 1.14. The number of hydrogen-bond donors (Lipinski definition) is 0. The maximum Gasteiger partial charge on any atom is 0.514 e. The average Bonchev–Trinajstić information content (AvgIpc) is 2.61. The van der Waals surface area contributed by atoms with Crippen molar-refractivity contribution in [2.45, 2.75) is 5.97 Å². The zero-order valence-electron chi connectivity index (χ0n) is 13.7. The third-order valence-corrected chi connectivity index (χ3v) is 2.01. The molecule has 0 N–H and O–H groups in total. The summed E-state index contributed by atoms with van der Waals surface area (Å²) < 4.78 is 27.6. The van der Waals surface area contributed by atoms with Gasteiger partial charge >= 0.3 is 24.4 Å². The second-order valence-corrected chi connectivity index (χ2v) is 3.95. The van der Waals surface area contributed by atoms with Gasteiger partial charge in [0, 0.05) is 0 Å². The zero-order valence-corrected chi connectivity index (χ0v) is 13.7. The van der Waals surface area contributed by atoms with E-state index in [9.17, 15) is 19.2 Å². The molecule has 0 rings (SSSR count). The summed E-state index contributed by atoms with van der Waals surface area (Å²) in [5.41, 5.74) is 0. The van der Waals surface area contributed by atoms with Gasteiger partial charge in [-0.05, 0) is 0 Å². The Morgan fingerprint density at radius 1 is 0.808 bits per heavy atom. The van der Waals surface area contributed by atoms with Gasteiger partial charge in [-0.1, -0.05) is 38.0 Å². The Balaban J connectivity index is 5.47. The molecule has 0 amide bonds. The average molecular weight is 371 g/mol. The number of isocyanates is 1. The van der Waals surface area contributed by atoms with Gasteiger partial charge in [0.05, 0.1) is 0 Å². The van der Waals surface area contributed by atoms with Gasteiger partial charge in [0.2, 0.25) is 6.08 Å². The van der Waals surface area contributed by atoms with Gasteiger partial charge in [-0.15, -0.1) is 0 Å². The van der Waals surface area contributed by atoms with E-state index in [0.29, 0.717) is 0 Å². The first-order valence-electron chi connectivity index (χ1n) is 6.86. The van der Waals surface area contributed by atoms with Crippen LogP contribution in [0.4, 0.5) is 14.4 Å². The minimum atomic E-state index is -2.84. The van der Waals surface area contributed by atoms with Gasteiger partial charge in [-0.2, -0.15) is 4.99 Å². The van der Waals surface area contributed by atoms with Crippen molar-refractivity contribution >= 4 is 24.5 Å². The largest absolute Gasteiger partial charge is 0.514 e. The SMILES string of the molecule is C=CCOC(=O)OC(CN=C=O)(OC(=O)OCC=C)OC(=O)OCC=C. The number of carbonyl (C=O) groups excluding carboxylic acids is 4. The van der Waals surface area contributed by atoms with E-state index >= 15 is 0 Å². The van der Waals surface area contributed by atoms with Gasteiger partial charge in [-0.25, -0.2) is 19.2 Å². The van der Waals surface area contributed by atoms with E-state index < -0.39 is 31.0 Å². The lowest BCUT2D eigenvalue weighted by Crippen LogP contribution is -2.47. The van der Waals surface area contributed by atoms with Crippen molar-refractivity contribution in [2.75, 3.05) is 26.4 Å².